The van der Waals surface area contributed by atoms with Gasteiger partial charge in [0.05, 0.1) is 11.0 Å². The van der Waals surface area contributed by atoms with E-state index in [9.17, 15) is 0 Å². The maximum absolute atomic E-state index is 5.27. The summed E-state index contributed by atoms with van der Waals surface area (Å²) >= 11 is 0. The van der Waals surface area contributed by atoms with Gasteiger partial charge in [0, 0.05) is 49.8 Å². The Labute approximate surface area is 352 Å². The Bertz CT molecular complexity index is 3220. The van der Waals surface area contributed by atoms with Crippen molar-refractivity contribution < 1.29 is 0 Å². The smallest absolute Gasteiger partial charge is 0.164 e. The highest BCUT2D eigenvalue weighted by Gasteiger charge is 2.22. The fourth-order valence-electron chi connectivity index (χ4n) is 8.07. The van der Waals surface area contributed by atoms with Crippen LogP contribution in [0.1, 0.15) is 0 Å². The second kappa shape index (κ2) is 15.4. The highest BCUT2D eigenvalue weighted by atomic mass is 15.0. The minimum absolute atomic E-state index is 0.536. The van der Waals surface area contributed by atoms with E-state index in [1.165, 1.54) is 0 Å². The number of para-hydroxylation sites is 2. The molecule has 3 aromatic heterocycles. The summed E-state index contributed by atoms with van der Waals surface area (Å²) in [5, 5.41) is 2.28. The molecule has 286 valence electrons. The zero-order chi connectivity index (χ0) is 40.5. The lowest BCUT2D eigenvalue weighted by atomic mass is 9.93. The van der Waals surface area contributed by atoms with E-state index in [4.69, 9.17) is 29.9 Å². The molecular formula is C54H35N7. The van der Waals surface area contributed by atoms with Crippen LogP contribution in [-0.2, 0) is 0 Å². The summed E-state index contributed by atoms with van der Waals surface area (Å²) < 4.78 is 2.34. The van der Waals surface area contributed by atoms with Gasteiger partial charge in [0.1, 0.15) is 0 Å². The molecule has 0 bridgehead atoms. The van der Waals surface area contributed by atoms with Crippen LogP contribution in [-0.4, -0.2) is 34.5 Å². The molecule has 0 fully saturated rings. The van der Waals surface area contributed by atoms with Crippen LogP contribution < -0.4 is 0 Å². The SMILES string of the molecule is c1ccc(-c2nc(-c3ccccc3)nc(-c3ccc(-c4cccc5c4c4ccccc4n5-c4ccccc4)c(-c4nc(-c5ccccc5)nc(-c5ccccc5)n4)c3)n2)cc1. The second-order valence-corrected chi connectivity index (χ2v) is 14.7. The number of rotatable bonds is 8. The molecule has 0 saturated carbocycles. The van der Waals surface area contributed by atoms with Gasteiger partial charge in [-0.2, -0.15) is 0 Å². The van der Waals surface area contributed by atoms with E-state index in [1.54, 1.807) is 0 Å². The summed E-state index contributed by atoms with van der Waals surface area (Å²) in [5.74, 6) is 3.42. The topological polar surface area (TPSA) is 82.3 Å². The molecule has 0 unspecified atom stereocenters. The Kier molecular flexibility index (Phi) is 9.02. The fraction of sp³-hybridized carbons (Fsp3) is 0. The molecular weight excluding hydrogens is 747 g/mol. The largest absolute Gasteiger partial charge is 0.309 e. The first kappa shape index (κ1) is 35.7. The third kappa shape index (κ3) is 6.70. The van der Waals surface area contributed by atoms with Crippen molar-refractivity contribution in [2.45, 2.75) is 0 Å². The molecule has 0 aliphatic rings. The lowest BCUT2D eigenvalue weighted by molar-refractivity contribution is 1.07. The molecule has 0 spiro atoms. The molecule has 3 heterocycles. The molecule has 11 aromatic rings. The number of benzene rings is 8. The predicted octanol–water partition coefficient (Wildman–Crippen LogP) is 12.8. The zero-order valence-electron chi connectivity index (χ0n) is 32.8. The first-order valence-corrected chi connectivity index (χ1v) is 20.2. The Morgan fingerprint density at radius 3 is 1.18 bits per heavy atom. The first-order valence-electron chi connectivity index (χ1n) is 20.2. The minimum Gasteiger partial charge on any atom is -0.309 e. The summed E-state index contributed by atoms with van der Waals surface area (Å²) in [6.07, 6.45) is 0. The molecule has 7 heteroatoms. The molecule has 0 aliphatic heterocycles. The van der Waals surface area contributed by atoms with Crippen molar-refractivity contribution in [1.82, 2.24) is 34.5 Å². The first-order chi connectivity index (χ1) is 30.2. The summed E-state index contributed by atoms with van der Waals surface area (Å²) in [6, 6.07) is 72.3. The maximum atomic E-state index is 5.27. The Balaban J connectivity index is 1.20. The van der Waals surface area contributed by atoms with Gasteiger partial charge in [0.25, 0.3) is 0 Å². The quantitative estimate of drug-likeness (QED) is 0.153. The van der Waals surface area contributed by atoms with Crippen molar-refractivity contribution >= 4 is 21.8 Å². The van der Waals surface area contributed by atoms with Crippen LogP contribution in [0, 0.1) is 0 Å². The minimum atomic E-state index is 0.536. The van der Waals surface area contributed by atoms with E-state index in [-0.39, 0.29) is 0 Å². The molecule has 0 radical (unpaired) electrons. The van der Waals surface area contributed by atoms with E-state index in [1.807, 2.05) is 121 Å². The average molecular weight is 782 g/mol. The number of hydrogen-bond acceptors (Lipinski definition) is 6. The van der Waals surface area contributed by atoms with Gasteiger partial charge in [-0.1, -0.05) is 182 Å². The lowest BCUT2D eigenvalue weighted by Crippen LogP contribution is -2.03. The third-order valence-electron chi connectivity index (χ3n) is 10.9. The average Bonchev–Trinajstić information content (AvgIpc) is 3.69. The van der Waals surface area contributed by atoms with Gasteiger partial charge in [-0.25, -0.2) is 29.9 Å². The van der Waals surface area contributed by atoms with Gasteiger partial charge in [-0.15, -0.1) is 0 Å². The summed E-state index contributed by atoms with van der Waals surface area (Å²) in [7, 11) is 0. The molecule has 11 rings (SSSR count). The van der Waals surface area contributed by atoms with Crippen LogP contribution in [0.15, 0.2) is 212 Å². The van der Waals surface area contributed by atoms with Crippen LogP contribution in [0.5, 0.6) is 0 Å². The molecule has 0 amide bonds. The number of fused-ring (bicyclic) bond motifs is 3. The van der Waals surface area contributed by atoms with Crippen LogP contribution in [0.2, 0.25) is 0 Å². The summed E-state index contributed by atoms with van der Waals surface area (Å²) in [5.41, 5.74) is 10.6. The van der Waals surface area contributed by atoms with E-state index in [0.717, 1.165) is 72.0 Å². The normalized spacial score (nSPS) is 11.3. The third-order valence-corrected chi connectivity index (χ3v) is 10.9. The maximum Gasteiger partial charge on any atom is 0.164 e. The van der Waals surface area contributed by atoms with Crippen molar-refractivity contribution in [2.24, 2.45) is 0 Å². The van der Waals surface area contributed by atoms with Crippen molar-refractivity contribution in [3.05, 3.63) is 212 Å². The Hall–Kier alpha value is -8.42. The van der Waals surface area contributed by atoms with Crippen molar-refractivity contribution in [1.29, 1.82) is 0 Å². The molecule has 8 aromatic carbocycles. The standard InChI is InChI=1S/C54H35N7/c1-6-19-36(20-7-1)49-55-50(37-21-8-2-9-22-37)58-53(57-49)40-33-34-42(43-30-18-32-47-48(43)44-29-16-17-31-46(44)61(47)41-27-14-5-15-28-41)45(35-40)54-59-51(38-23-10-3-11-24-38)56-52(60-54)39-25-12-4-13-26-39/h1-35H. The predicted molar refractivity (Wildman–Crippen MR) is 246 cm³/mol. The van der Waals surface area contributed by atoms with E-state index in [2.05, 4.69) is 95.6 Å². The van der Waals surface area contributed by atoms with Gasteiger partial charge in [-0.3, -0.25) is 0 Å². The van der Waals surface area contributed by atoms with Crippen LogP contribution >= 0.6 is 0 Å². The van der Waals surface area contributed by atoms with Gasteiger partial charge in [0.15, 0.2) is 34.9 Å². The monoisotopic (exact) mass is 781 g/mol. The van der Waals surface area contributed by atoms with E-state index < -0.39 is 0 Å². The van der Waals surface area contributed by atoms with Crippen molar-refractivity contribution in [2.75, 3.05) is 0 Å². The number of hydrogen-bond donors (Lipinski definition) is 0. The van der Waals surface area contributed by atoms with Gasteiger partial charge >= 0.3 is 0 Å². The molecule has 61 heavy (non-hydrogen) atoms. The van der Waals surface area contributed by atoms with Gasteiger partial charge in [0.2, 0.25) is 0 Å². The molecule has 0 atom stereocenters. The Morgan fingerprint density at radius 2 is 0.672 bits per heavy atom. The van der Waals surface area contributed by atoms with Crippen LogP contribution in [0.25, 0.3) is 107 Å². The lowest BCUT2D eigenvalue weighted by Gasteiger charge is -2.15. The van der Waals surface area contributed by atoms with Crippen molar-refractivity contribution in [3.63, 3.8) is 0 Å². The molecule has 0 N–H and O–H groups in total. The van der Waals surface area contributed by atoms with Crippen LogP contribution in [0.3, 0.4) is 0 Å². The fourth-order valence-corrected chi connectivity index (χ4v) is 8.07. The highest BCUT2D eigenvalue weighted by Crippen LogP contribution is 2.43. The van der Waals surface area contributed by atoms with Gasteiger partial charge in [-0.05, 0) is 41.5 Å². The molecule has 0 aliphatic carbocycles. The number of nitrogens with zero attached hydrogens (tertiary/aromatic N) is 7. The summed E-state index contributed by atoms with van der Waals surface area (Å²) in [4.78, 5) is 30.8. The van der Waals surface area contributed by atoms with Gasteiger partial charge < -0.3 is 4.57 Å². The highest BCUT2D eigenvalue weighted by molar-refractivity contribution is 6.16. The molecule has 7 nitrogen and oxygen atoms in total. The van der Waals surface area contributed by atoms with E-state index >= 15 is 0 Å². The zero-order valence-corrected chi connectivity index (χ0v) is 32.8. The van der Waals surface area contributed by atoms with E-state index in [0.29, 0.717) is 34.9 Å². The summed E-state index contributed by atoms with van der Waals surface area (Å²) in [6.45, 7) is 0. The number of aromatic nitrogens is 7. The van der Waals surface area contributed by atoms with Crippen LogP contribution in [0.4, 0.5) is 0 Å². The van der Waals surface area contributed by atoms with Crippen molar-refractivity contribution in [3.8, 4) is 85.1 Å². The molecule has 0 saturated heterocycles. The second-order valence-electron chi connectivity index (χ2n) is 14.7. The Morgan fingerprint density at radius 1 is 0.262 bits per heavy atom.